The number of hydrogen-bond donors (Lipinski definition) is 1. The first-order chi connectivity index (χ1) is 7.13. The normalized spacial score (nSPS) is 13.1. The van der Waals surface area contributed by atoms with Gasteiger partial charge in [-0.2, -0.15) is 0 Å². The first-order valence-electron chi connectivity index (χ1n) is 5.19. The Labute approximate surface area is 96.6 Å². The van der Waals surface area contributed by atoms with E-state index in [4.69, 9.17) is 16.3 Å². The Balaban J connectivity index is 2.78. The lowest BCUT2D eigenvalue weighted by Crippen LogP contribution is -2.22. The molecule has 3 heteroatoms. The zero-order chi connectivity index (χ0) is 11.3. The van der Waals surface area contributed by atoms with E-state index in [9.17, 15) is 0 Å². The highest BCUT2D eigenvalue weighted by atomic mass is 35.5. The predicted molar refractivity (Wildman–Crippen MR) is 64.3 cm³/mol. The molecule has 0 spiro atoms. The number of benzene rings is 1. The maximum Gasteiger partial charge on any atom is 0.0953 e. The van der Waals surface area contributed by atoms with Crippen molar-refractivity contribution < 1.29 is 4.74 Å². The SMILES string of the molecule is CNC[C@@H](OC(C)C)c1cccc(Cl)c1. The number of halogens is 1. The Hall–Kier alpha value is -0.570. The minimum absolute atomic E-state index is 0.0636. The van der Waals surface area contributed by atoms with E-state index in [1.807, 2.05) is 45.2 Å². The van der Waals surface area contributed by atoms with Crippen molar-refractivity contribution in [1.29, 1.82) is 0 Å². The second-order valence-electron chi connectivity index (χ2n) is 3.79. The molecule has 1 rings (SSSR count). The molecule has 0 aliphatic rings. The van der Waals surface area contributed by atoms with E-state index in [1.165, 1.54) is 0 Å². The van der Waals surface area contributed by atoms with Gasteiger partial charge in [0.25, 0.3) is 0 Å². The summed E-state index contributed by atoms with van der Waals surface area (Å²) in [6.45, 7) is 4.86. The van der Waals surface area contributed by atoms with Crippen molar-refractivity contribution in [3.05, 3.63) is 34.9 Å². The third-order valence-corrected chi connectivity index (χ3v) is 2.28. The van der Waals surface area contributed by atoms with Gasteiger partial charge in [0.2, 0.25) is 0 Å². The molecular formula is C12H18ClNO. The van der Waals surface area contributed by atoms with E-state index in [2.05, 4.69) is 5.32 Å². The Bertz CT molecular complexity index is 301. The van der Waals surface area contributed by atoms with Gasteiger partial charge in [0.1, 0.15) is 0 Å². The zero-order valence-electron chi connectivity index (χ0n) is 9.46. The smallest absolute Gasteiger partial charge is 0.0953 e. The maximum absolute atomic E-state index is 5.95. The number of likely N-dealkylation sites (N-methyl/N-ethyl adjacent to an activating group) is 1. The van der Waals surface area contributed by atoms with Crippen LogP contribution in [0.1, 0.15) is 25.5 Å². The van der Waals surface area contributed by atoms with E-state index in [1.54, 1.807) is 0 Å². The average molecular weight is 228 g/mol. The molecule has 1 atom stereocenters. The molecule has 0 bridgehead atoms. The molecule has 0 unspecified atom stereocenters. The molecular weight excluding hydrogens is 210 g/mol. The minimum Gasteiger partial charge on any atom is -0.370 e. The summed E-state index contributed by atoms with van der Waals surface area (Å²) in [6, 6.07) is 7.81. The first-order valence-corrected chi connectivity index (χ1v) is 5.56. The molecule has 0 amide bonds. The van der Waals surface area contributed by atoms with E-state index >= 15 is 0 Å². The van der Waals surface area contributed by atoms with Gasteiger partial charge in [-0.1, -0.05) is 23.7 Å². The molecule has 1 aromatic rings. The summed E-state index contributed by atoms with van der Waals surface area (Å²) >= 11 is 5.95. The van der Waals surface area contributed by atoms with Crippen LogP contribution in [-0.2, 0) is 4.74 Å². The number of nitrogens with one attached hydrogen (secondary N) is 1. The van der Waals surface area contributed by atoms with Gasteiger partial charge in [0, 0.05) is 11.6 Å². The molecule has 15 heavy (non-hydrogen) atoms. The van der Waals surface area contributed by atoms with Gasteiger partial charge in [-0.25, -0.2) is 0 Å². The molecule has 1 aromatic carbocycles. The van der Waals surface area contributed by atoms with Gasteiger partial charge < -0.3 is 10.1 Å². The number of ether oxygens (including phenoxy) is 1. The van der Waals surface area contributed by atoms with E-state index in [-0.39, 0.29) is 12.2 Å². The van der Waals surface area contributed by atoms with Crippen molar-refractivity contribution in [1.82, 2.24) is 5.32 Å². The summed E-state index contributed by atoms with van der Waals surface area (Å²) in [5, 5.41) is 3.87. The van der Waals surface area contributed by atoms with Crippen LogP contribution in [0.3, 0.4) is 0 Å². The fraction of sp³-hybridized carbons (Fsp3) is 0.500. The van der Waals surface area contributed by atoms with Gasteiger partial charge in [-0.3, -0.25) is 0 Å². The van der Waals surface area contributed by atoms with Crippen molar-refractivity contribution in [2.45, 2.75) is 26.1 Å². The third-order valence-electron chi connectivity index (χ3n) is 2.05. The lowest BCUT2D eigenvalue weighted by atomic mass is 10.1. The summed E-state index contributed by atoms with van der Waals surface area (Å²) in [7, 11) is 1.92. The van der Waals surface area contributed by atoms with Crippen molar-refractivity contribution in [3.8, 4) is 0 Å². The molecule has 0 saturated heterocycles. The molecule has 84 valence electrons. The van der Waals surface area contributed by atoms with Crippen molar-refractivity contribution in [3.63, 3.8) is 0 Å². The highest BCUT2D eigenvalue weighted by Gasteiger charge is 2.12. The van der Waals surface area contributed by atoms with Crippen LogP contribution in [0.2, 0.25) is 5.02 Å². The van der Waals surface area contributed by atoms with Crippen LogP contribution in [0.15, 0.2) is 24.3 Å². The average Bonchev–Trinajstić information content (AvgIpc) is 2.16. The monoisotopic (exact) mass is 227 g/mol. The molecule has 0 aliphatic carbocycles. The van der Waals surface area contributed by atoms with Crippen molar-refractivity contribution in [2.24, 2.45) is 0 Å². The zero-order valence-corrected chi connectivity index (χ0v) is 10.2. The molecule has 0 saturated carbocycles. The van der Waals surface area contributed by atoms with Gasteiger partial charge in [-0.05, 0) is 38.6 Å². The summed E-state index contributed by atoms with van der Waals surface area (Å²) in [5.74, 6) is 0. The van der Waals surface area contributed by atoms with Crippen LogP contribution < -0.4 is 5.32 Å². The summed E-state index contributed by atoms with van der Waals surface area (Å²) < 4.78 is 5.81. The van der Waals surface area contributed by atoms with E-state index in [0.717, 1.165) is 17.1 Å². The summed E-state index contributed by atoms with van der Waals surface area (Å²) in [4.78, 5) is 0. The molecule has 0 aliphatic heterocycles. The highest BCUT2D eigenvalue weighted by molar-refractivity contribution is 6.30. The summed E-state index contributed by atoms with van der Waals surface area (Å²) in [5.41, 5.74) is 1.12. The van der Waals surface area contributed by atoms with Gasteiger partial charge in [-0.15, -0.1) is 0 Å². The fourth-order valence-corrected chi connectivity index (χ4v) is 1.66. The van der Waals surface area contributed by atoms with Crippen LogP contribution in [0, 0.1) is 0 Å². The molecule has 1 N–H and O–H groups in total. The van der Waals surface area contributed by atoms with Crippen LogP contribution in [-0.4, -0.2) is 19.7 Å². The topological polar surface area (TPSA) is 21.3 Å². The van der Waals surface area contributed by atoms with Crippen molar-refractivity contribution >= 4 is 11.6 Å². The largest absolute Gasteiger partial charge is 0.370 e. The Morgan fingerprint density at radius 2 is 2.13 bits per heavy atom. The van der Waals surface area contributed by atoms with Crippen LogP contribution in [0.25, 0.3) is 0 Å². The second-order valence-corrected chi connectivity index (χ2v) is 4.22. The molecule has 0 heterocycles. The highest BCUT2D eigenvalue weighted by Crippen LogP contribution is 2.21. The summed E-state index contributed by atoms with van der Waals surface area (Å²) in [6.07, 6.45) is 0.274. The maximum atomic E-state index is 5.95. The number of hydrogen-bond acceptors (Lipinski definition) is 2. The van der Waals surface area contributed by atoms with Gasteiger partial charge in [0.15, 0.2) is 0 Å². The minimum atomic E-state index is 0.0636. The third kappa shape index (κ3) is 4.20. The van der Waals surface area contributed by atoms with Gasteiger partial charge >= 0.3 is 0 Å². The van der Waals surface area contributed by atoms with Crippen molar-refractivity contribution in [2.75, 3.05) is 13.6 Å². The van der Waals surface area contributed by atoms with Crippen LogP contribution in [0.4, 0.5) is 0 Å². The Morgan fingerprint density at radius 3 is 2.67 bits per heavy atom. The van der Waals surface area contributed by atoms with E-state index in [0.29, 0.717) is 0 Å². The molecule has 2 nitrogen and oxygen atoms in total. The van der Waals surface area contributed by atoms with Gasteiger partial charge in [0.05, 0.1) is 12.2 Å². The second kappa shape index (κ2) is 6.11. The Kier molecular flexibility index (Phi) is 5.09. The lowest BCUT2D eigenvalue weighted by Gasteiger charge is -2.20. The molecule has 0 radical (unpaired) electrons. The van der Waals surface area contributed by atoms with Crippen LogP contribution >= 0.6 is 11.6 Å². The quantitative estimate of drug-likeness (QED) is 0.835. The molecule has 0 aromatic heterocycles. The number of rotatable bonds is 5. The first kappa shape index (κ1) is 12.5. The standard InChI is InChI=1S/C12H18ClNO/c1-9(2)15-12(8-14-3)10-5-4-6-11(13)7-10/h4-7,9,12,14H,8H2,1-3H3/t12-/m1/s1. The Morgan fingerprint density at radius 1 is 1.40 bits per heavy atom. The van der Waals surface area contributed by atoms with Crippen LogP contribution in [0.5, 0.6) is 0 Å². The van der Waals surface area contributed by atoms with E-state index < -0.39 is 0 Å². The lowest BCUT2D eigenvalue weighted by molar-refractivity contribution is 0.00814. The predicted octanol–water partition coefficient (Wildman–Crippen LogP) is 3.03. The fourth-order valence-electron chi connectivity index (χ4n) is 1.47. The molecule has 0 fully saturated rings.